The number of nitrogens with zero attached hydrogens (tertiary/aromatic N) is 1. The van der Waals surface area contributed by atoms with Gasteiger partial charge in [0.05, 0.1) is 0 Å². The van der Waals surface area contributed by atoms with Crippen LogP contribution in [0.4, 0.5) is 0 Å². The topological polar surface area (TPSA) is 3.88 Å². The van der Waals surface area contributed by atoms with Crippen LogP contribution in [0, 0.1) is 6.92 Å². The molecule has 0 unspecified atom stereocenters. The van der Waals surface area contributed by atoms with Crippen LogP contribution < -0.4 is 4.57 Å². The summed E-state index contributed by atoms with van der Waals surface area (Å²) in [6, 6.07) is 10.8. The minimum Gasteiger partial charge on any atom is -0.201 e. The Morgan fingerprint density at radius 3 is 2.82 bits per heavy atom. The van der Waals surface area contributed by atoms with Gasteiger partial charge in [0.15, 0.2) is 6.20 Å². The molecule has 0 saturated heterocycles. The minimum atomic E-state index is 1.07. The predicted molar refractivity (Wildman–Crippen MR) is 70.5 cm³/mol. The molecule has 1 heteroatoms. The van der Waals surface area contributed by atoms with Crippen molar-refractivity contribution in [3.8, 4) is 11.3 Å². The van der Waals surface area contributed by atoms with Gasteiger partial charge in [0, 0.05) is 17.7 Å². The average Bonchev–Trinajstić information content (AvgIpc) is 2.80. The number of allylic oxidation sites excluding steroid dienone is 1. The Morgan fingerprint density at radius 1 is 1.12 bits per heavy atom. The quantitative estimate of drug-likeness (QED) is 0.653. The van der Waals surface area contributed by atoms with E-state index in [2.05, 4.69) is 67.2 Å². The summed E-state index contributed by atoms with van der Waals surface area (Å²) in [5.74, 6) is 0. The molecule has 1 heterocycles. The molecular formula is C16H16N+. The lowest BCUT2D eigenvalue weighted by atomic mass is 9.96. The van der Waals surface area contributed by atoms with E-state index in [0.717, 1.165) is 6.42 Å². The number of aromatic nitrogens is 1. The van der Waals surface area contributed by atoms with Crippen LogP contribution in [0.15, 0.2) is 42.6 Å². The molecule has 0 radical (unpaired) electrons. The van der Waals surface area contributed by atoms with Gasteiger partial charge >= 0.3 is 0 Å². The number of rotatable bonds is 1. The van der Waals surface area contributed by atoms with Gasteiger partial charge in [-0.05, 0) is 42.2 Å². The highest BCUT2D eigenvalue weighted by atomic mass is 14.9. The highest BCUT2D eigenvalue weighted by molar-refractivity contribution is 5.71. The molecule has 1 nitrogen and oxygen atoms in total. The Balaban J connectivity index is 2.21. The smallest absolute Gasteiger partial charge is 0.201 e. The van der Waals surface area contributed by atoms with Crippen molar-refractivity contribution in [2.24, 2.45) is 7.05 Å². The van der Waals surface area contributed by atoms with Crippen molar-refractivity contribution in [3.05, 3.63) is 59.3 Å². The number of pyridine rings is 1. The summed E-state index contributed by atoms with van der Waals surface area (Å²) in [6.45, 7) is 2.23. The maximum absolute atomic E-state index is 2.24. The minimum absolute atomic E-state index is 1.07. The fourth-order valence-electron chi connectivity index (χ4n) is 2.59. The van der Waals surface area contributed by atoms with E-state index >= 15 is 0 Å². The molecule has 0 fully saturated rings. The molecule has 0 bridgehead atoms. The Bertz CT molecular complexity index is 609. The van der Waals surface area contributed by atoms with E-state index in [-0.39, 0.29) is 0 Å². The summed E-state index contributed by atoms with van der Waals surface area (Å²) in [6.07, 6.45) is 7.63. The van der Waals surface area contributed by atoms with Crippen molar-refractivity contribution in [1.82, 2.24) is 0 Å². The molecule has 1 aromatic heterocycles. The van der Waals surface area contributed by atoms with E-state index in [0.29, 0.717) is 0 Å². The van der Waals surface area contributed by atoms with Gasteiger partial charge in [0.2, 0.25) is 5.69 Å². The molecule has 2 aromatic rings. The van der Waals surface area contributed by atoms with E-state index in [9.17, 15) is 0 Å². The first-order valence-electron chi connectivity index (χ1n) is 6.01. The summed E-state index contributed by atoms with van der Waals surface area (Å²) in [4.78, 5) is 0. The Morgan fingerprint density at radius 2 is 2.00 bits per heavy atom. The van der Waals surface area contributed by atoms with Crippen molar-refractivity contribution < 1.29 is 4.57 Å². The maximum atomic E-state index is 2.24. The molecule has 3 rings (SSSR count). The van der Waals surface area contributed by atoms with Crippen LogP contribution >= 0.6 is 0 Å². The summed E-state index contributed by atoms with van der Waals surface area (Å²) in [5, 5.41) is 0. The van der Waals surface area contributed by atoms with Crippen LogP contribution in [-0.2, 0) is 13.5 Å². The molecule has 0 saturated carbocycles. The van der Waals surface area contributed by atoms with Gasteiger partial charge in [-0.15, -0.1) is 0 Å². The molecule has 0 amide bonds. The normalized spacial score (nSPS) is 12.8. The monoisotopic (exact) mass is 222 g/mol. The first kappa shape index (κ1) is 10.3. The third-order valence-electron chi connectivity index (χ3n) is 3.58. The molecule has 0 N–H and O–H groups in total. The molecule has 0 atom stereocenters. The zero-order valence-corrected chi connectivity index (χ0v) is 10.3. The second-order valence-electron chi connectivity index (χ2n) is 4.61. The first-order valence-corrected chi connectivity index (χ1v) is 6.01. The SMILES string of the molecule is Cc1c(-c2cccc[n+]2C)ccc2c1CC=C2. The fourth-order valence-corrected chi connectivity index (χ4v) is 2.59. The molecule has 1 aliphatic carbocycles. The van der Waals surface area contributed by atoms with Crippen molar-refractivity contribution in [2.45, 2.75) is 13.3 Å². The fraction of sp³-hybridized carbons (Fsp3) is 0.188. The van der Waals surface area contributed by atoms with Crippen molar-refractivity contribution in [2.75, 3.05) is 0 Å². The number of aryl methyl sites for hydroxylation is 1. The van der Waals surface area contributed by atoms with E-state index in [1.165, 1.54) is 27.9 Å². The lowest BCUT2D eigenvalue weighted by Gasteiger charge is -2.09. The van der Waals surface area contributed by atoms with Gasteiger partial charge in [-0.3, -0.25) is 0 Å². The van der Waals surface area contributed by atoms with Gasteiger partial charge in [0.25, 0.3) is 0 Å². The molecule has 17 heavy (non-hydrogen) atoms. The number of hydrogen-bond acceptors (Lipinski definition) is 0. The van der Waals surface area contributed by atoms with Crippen LogP contribution in [0.1, 0.15) is 16.7 Å². The van der Waals surface area contributed by atoms with Crippen LogP contribution in [0.25, 0.3) is 17.3 Å². The second kappa shape index (κ2) is 3.85. The lowest BCUT2D eigenvalue weighted by Crippen LogP contribution is -2.30. The van der Waals surface area contributed by atoms with Crippen LogP contribution in [0.5, 0.6) is 0 Å². The molecule has 0 spiro atoms. The predicted octanol–water partition coefficient (Wildman–Crippen LogP) is 3.06. The van der Waals surface area contributed by atoms with Gasteiger partial charge in [-0.25, -0.2) is 4.57 Å². The first-order chi connectivity index (χ1) is 8.27. The van der Waals surface area contributed by atoms with E-state index in [1.54, 1.807) is 0 Å². The largest absolute Gasteiger partial charge is 0.212 e. The molecule has 84 valence electrons. The van der Waals surface area contributed by atoms with Crippen LogP contribution in [0.2, 0.25) is 0 Å². The van der Waals surface area contributed by atoms with Crippen LogP contribution in [0.3, 0.4) is 0 Å². The zero-order valence-electron chi connectivity index (χ0n) is 10.3. The summed E-state index contributed by atoms with van der Waals surface area (Å²) < 4.78 is 2.18. The summed E-state index contributed by atoms with van der Waals surface area (Å²) >= 11 is 0. The van der Waals surface area contributed by atoms with Crippen molar-refractivity contribution >= 4 is 6.08 Å². The van der Waals surface area contributed by atoms with E-state index in [1.807, 2.05) is 0 Å². The van der Waals surface area contributed by atoms with Crippen LogP contribution in [-0.4, -0.2) is 0 Å². The van der Waals surface area contributed by atoms with Gasteiger partial charge in [0.1, 0.15) is 7.05 Å². The third kappa shape index (κ3) is 1.59. The number of benzene rings is 1. The Labute approximate surface area is 102 Å². The van der Waals surface area contributed by atoms with Crippen molar-refractivity contribution in [3.63, 3.8) is 0 Å². The molecular weight excluding hydrogens is 206 g/mol. The molecule has 0 aliphatic heterocycles. The standard InChI is InChI=1S/C16H16N/c1-12-14-7-5-6-13(14)9-10-15(12)16-8-3-4-11-17(16)2/h3-6,8-11H,7H2,1-2H3/q+1. The van der Waals surface area contributed by atoms with Gasteiger partial charge < -0.3 is 0 Å². The second-order valence-corrected chi connectivity index (χ2v) is 4.61. The summed E-state index contributed by atoms with van der Waals surface area (Å²) in [7, 11) is 2.10. The highest BCUT2D eigenvalue weighted by Gasteiger charge is 2.16. The highest BCUT2D eigenvalue weighted by Crippen LogP contribution is 2.30. The average molecular weight is 222 g/mol. The van der Waals surface area contributed by atoms with Gasteiger partial charge in [-0.2, -0.15) is 0 Å². The summed E-state index contributed by atoms with van der Waals surface area (Å²) in [5.41, 5.74) is 6.89. The third-order valence-corrected chi connectivity index (χ3v) is 3.58. The maximum Gasteiger partial charge on any atom is 0.212 e. The molecule has 1 aliphatic rings. The Hall–Kier alpha value is -1.89. The Kier molecular flexibility index (Phi) is 2.32. The lowest BCUT2D eigenvalue weighted by molar-refractivity contribution is -0.660. The number of fused-ring (bicyclic) bond motifs is 1. The van der Waals surface area contributed by atoms with E-state index in [4.69, 9.17) is 0 Å². The van der Waals surface area contributed by atoms with Gasteiger partial charge in [-0.1, -0.05) is 18.2 Å². The van der Waals surface area contributed by atoms with Crippen molar-refractivity contribution in [1.29, 1.82) is 0 Å². The van der Waals surface area contributed by atoms with E-state index < -0.39 is 0 Å². The number of hydrogen-bond donors (Lipinski definition) is 0. The zero-order chi connectivity index (χ0) is 11.8. The molecule has 1 aromatic carbocycles.